The number of hydrogen-bond donors (Lipinski definition) is 2. The van der Waals surface area contributed by atoms with E-state index in [0.29, 0.717) is 43.3 Å². The lowest BCUT2D eigenvalue weighted by molar-refractivity contribution is -0.127. The molecule has 0 unspecified atom stereocenters. The molecule has 0 radical (unpaired) electrons. The molecular weight excluding hydrogens is 452 g/mol. The maximum atomic E-state index is 14.3. The van der Waals surface area contributed by atoms with Crippen LogP contribution in [0.25, 0.3) is 0 Å². The number of carbonyl (C=O) groups excluding carboxylic acids is 1. The SMILES string of the molecule is O=C1CCCN1CCCOc1cccc(Nc2ncc(F)c(Oc3cccc(NB4CO4)c3)n2)c1. The second-order valence-electron chi connectivity index (χ2n) is 8.28. The van der Waals surface area contributed by atoms with Crippen LogP contribution in [-0.2, 0) is 9.45 Å². The molecule has 3 aromatic rings. The Bertz CT molecular complexity index is 1200. The minimum Gasteiger partial charge on any atom is -0.493 e. The molecule has 3 heterocycles. The maximum absolute atomic E-state index is 14.3. The first-order valence-electron chi connectivity index (χ1n) is 11.6. The number of amides is 1. The van der Waals surface area contributed by atoms with Crippen LogP contribution in [0.3, 0.4) is 0 Å². The highest BCUT2D eigenvalue weighted by Gasteiger charge is 2.30. The fraction of sp³-hybridized carbons (Fsp3) is 0.292. The number of hydrogen-bond acceptors (Lipinski definition) is 8. The normalized spacial score (nSPS) is 14.7. The van der Waals surface area contributed by atoms with Gasteiger partial charge in [0.05, 0.1) is 19.3 Å². The summed E-state index contributed by atoms with van der Waals surface area (Å²) in [6, 6.07) is 14.5. The number of nitrogens with one attached hydrogen (secondary N) is 2. The van der Waals surface area contributed by atoms with Crippen molar-refractivity contribution in [1.29, 1.82) is 0 Å². The van der Waals surface area contributed by atoms with E-state index in [-0.39, 0.29) is 24.8 Å². The third-order valence-electron chi connectivity index (χ3n) is 5.52. The quantitative estimate of drug-likeness (QED) is 0.243. The summed E-state index contributed by atoms with van der Waals surface area (Å²) in [7, 11) is 0.00542. The number of rotatable bonds is 11. The van der Waals surface area contributed by atoms with E-state index >= 15 is 0 Å². The lowest BCUT2D eigenvalue weighted by Crippen LogP contribution is -2.26. The molecule has 11 heteroatoms. The van der Waals surface area contributed by atoms with Crippen molar-refractivity contribution in [1.82, 2.24) is 14.9 Å². The van der Waals surface area contributed by atoms with E-state index in [0.717, 1.165) is 31.3 Å². The number of anilines is 3. The molecule has 0 saturated carbocycles. The smallest absolute Gasteiger partial charge is 0.438 e. The molecule has 1 amide bonds. The van der Waals surface area contributed by atoms with Gasteiger partial charge >= 0.3 is 7.05 Å². The predicted octanol–water partition coefficient (Wildman–Crippen LogP) is 4.01. The molecule has 2 fully saturated rings. The van der Waals surface area contributed by atoms with Gasteiger partial charge < -0.3 is 29.6 Å². The minimum atomic E-state index is -0.673. The largest absolute Gasteiger partial charge is 0.493 e. The molecule has 180 valence electrons. The van der Waals surface area contributed by atoms with Crippen molar-refractivity contribution in [3.8, 4) is 17.4 Å². The summed E-state index contributed by atoms with van der Waals surface area (Å²) < 4.78 is 31.0. The van der Waals surface area contributed by atoms with Crippen LogP contribution in [-0.4, -0.2) is 54.0 Å². The van der Waals surface area contributed by atoms with Gasteiger partial charge in [0.1, 0.15) is 11.5 Å². The van der Waals surface area contributed by atoms with E-state index in [1.165, 1.54) is 0 Å². The molecule has 2 aliphatic heterocycles. The van der Waals surface area contributed by atoms with E-state index in [9.17, 15) is 9.18 Å². The number of ether oxygens (including phenoxy) is 2. The third kappa shape index (κ3) is 6.39. The van der Waals surface area contributed by atoms with Gasteiger partial charge in [0.25, 0.3) is 5.88 Å². The fourth-order valence-electron chi connectivity index (χ4n) is 3.74. The molecule has 0 spiro atoms. The Kier molecular flexibility index (Phi) is 6.94. The van der Waals surface area contributed by atoms with E-state index < -0.39 is 5.82 Å². The predicted molar refractivity (Wildman–Crippen MR) is 129 cm³/mol. The molecule has 0 atom stereocenters. The first-order valence-corrected chi connectivity index (χ1v) is 11.6. The van der Waals surface area contributed by atoms with Crippen molar-refractivity contribution >= 4 is 30.3 Å². The molecular formula is C24H25BFN5O4. The van der Waals surface area contributed by atoms with Crippen molar-refractivity contribution < 1.29 is 23.3 Å². The minimum absolute atomic E-state index is 0.00542. The van der Waals surface area contributed by atoms with Gasteiger partial charge in [0.2, 0.25) is 17.7 Å². The second-order valence-corrected chi connectivity index (χ2v) is 8.28. The zero-order valence-electron chi connectivity index (χ0n) is 19.1. The number of likely N-dealkylation sites (tertiary alicyclic amines) is 1. The summed E-state index contributed by atoms with van der Waals surface area (Å²) in [6.45, 7) is 2.70. The molecule has 0 aliphatic carbocycles. The Balaban J connectivity index is 1.18. The van der Waals surface area contributed by atoms with Crippen LogP contribution in [0.1, 0.15) is 19.3 Å². The average molecular weight is 477 g/mol. The van der Waals surface area contributed by atoms with E-state index in [1.54, 1.807) is 18.2 Å². The Morgan fingerprint density at radius 3 is 2.74 bits per heavy atom. The molecule has 2 aromatic carbocycles. The van der Waals surface area contributed by atoms with Gasteiger partial charge in [-0.1, -0.05) is 12.1 Å². The van der Waals surface area contributed by atoms with Gasteiger partial charge in [-0.05, 0) is 37.1 Å². The van der Waals surface area contributed by atoms with Crippen LogP contribution in [0, 0.1) is 5.82 Å². The van der Waals surface area contributed by atoms with Crippen LogP contribution in [0.2, 0.25) is 0 Å². The lowest BCUT2D eigenvalue weighted by atomic mass is 9.96. The summed E-state index contributed by atoms with van der Waals surface area (Å²) in [5, 5.41) is 6.22. The number of benzene rings is 2. The van der Waals surface area contributed by atoms with Gasteiger partial charge in [-0.15, -0.1) is 0 Å². The second kappa shape index (κ2) is 10.6. The summed E-state index contributed by atoms with van der Waals surface area (Å²) in [5.41, 5.74) is 1.49. The van der Waals surface area contributed by atoms with Crippen molar-refractivity contribution in [3.05, 3.63) is 60.5 Å². The van der Waals surface area contributed by atoms with Gasteiger partial charge in [-0.3, -0.25) is 4.79 Å². The van der Waals surface area contributed by atoms with Crippen LogP contribution in [0.15, 0.2) is 54.7 Å². The van der Waals surface area contributed by atoms with E-state index in [2.05, 4.69) is 20.5 Å². The topological polar surface area (TPSA) is 101 Å². The Hall–Kier alpha value is -3.86. The molecule has 9 nitrogen and oxygen atoms in total. The van der Waals surface area contributed by atoms with Gasteiger partial charge in [0, 0.05) is 43.0 Å². The fourth-order valence-corrected chi connectivity index (χ4v) is 3.74. The molecule has 2 aliphatic rings. The number of aromatic nitrogens is 2. The summed E-state index contributed by atoms with van der Waals surface area (Å²) in [6.07, 6.45) is 3.40. The highest BCUT2D eigenvalue weighted by atomic mass is 19.1. The zero-order chi connectivity index (χ0) is 24.0. The van der Waals surface area contributed by atoms with Gasteiger partial charge in [-0.2, -0.15) is 9.37 Å². The summed E-state index contributed by atoms with van der Waals surface area (Å²) >= 11 is 0. The Morgan fingerprint density at radius 1 is 1.14 bits per heavy atom. The monoisotopic (exact) mass is 477 g/mol. The van der Waals surface area contributed by atoms with Gasteiger partial charge in [0.15, 0.2) is 0 Å². The molecule has 5 rings (SSSR count). The van der Waals surface area contributed by atoms with Crippen molar-refractivity contribution in [2.75, 3.05) is 36.7 Å². The maximum Gasteiger partial charge on any atom is 0.438 e. The number of carbonyl (C=O) groups is 1. The molecule has 0 bridgehead atoms. The van der Waals surface area contributed by atoms with Crippen LogP contribution in [0.5, 0.6) is 17.4 Å². The van der Waals surface area contributed by atoms with Crippen LogP contribution in [0.4, 0.5) is 21.7 Å². The van der Waals surface area contributed by atoms with Crippen molar-refractivity contribution in [2.24, 2.45) is 0 Å². The standard InChI is InChI=1S/C24H25BFN5O4/c26-21-15-27-24(29-23(21)35-20-8-2-6-18(14-20)30-25-16-34-25)28-17-5-1-7-19(13-17)33-12-4-11-31-10-3-9-22(31)32/h1-2,5-8,13-15,30H,3-4,9-12,16H2,(H,27,28,29). The molecule has 2 N–H and O–H groups in total. The number of nitrogens with zero attached hydrogens (tertiary/aromatic N) is 3. The van der Waals surface area contributed by atoms with Crippen LogP contribution < -0.4 is 20.0 Å². The highest BCUT2D eigenvalue weighted by molar-refractivity contribution is 6.63. The van der Waals surface area contributed by atoms with Gasteiger partial charge in [-0.25, -0.2) is 4.98 Å². The first-order chi connectivity index (χ1) is 17.1. The zero-order valence-corrected chi connectivity index (χ0v) is 19.1. The highest BCUT2D eigenvalue weighted by Crippen LogP contribution is 2.27. The number of halogens is 1. The van der Waals surface area contributed by atoms with Crippen molar-refractivity contribution in [2.45, 2.75) is 19.3 Å². The Morgan fingerprint density at radius 2 is 1.94 bits per heavy atom. The summed E-state index contributed by atoms with van der Waals surface area (Å²) in [4.78, 5) is 21.8. The lowest BCUT2D eigenvalue weighted by Gasteiger charge is -2.15. The first kappa shape index (κ1) is 22.9. The van der Waals surface area contributed by atoms with E-state index in [4.69, 9.17) is 14.1 Å². The average Bonchev–Trinajstić information content (AvgIpc) is 3.58. The molecule has 1 aromatic heterocycles. The van der Waals surface area contributed by atoms with Crippen LogP contribution >= 0.6 is 0 Å². The third-order valence-corrected chi connectivity index (χ3v) is 5.52. The Labute approximate surface area is 202 Å². The van der Waals surface area contributed by atoms with E-state index in [1.807, 2.05) is 35.2 Å². The van der Waals surface area contributed by atoms with Crippen molar-refractivity contribution in [3.63, 3.8) is 0 Å². The molecule has 35 heavy (non-hydrogen) atoms. The summed E-state index contributed by atoms with van der Waals surface area (Å²) in [5.74, 6) is 0.651. The molecule has 2 saturated heterocycles.